The lowest BCUT2D eigenvalue weighted by molar-refractivity contribution is 0.663. The van der Waals surface area contributed by atoms with Crippen LogP contribution in [-0.2, 0) is 0 Å². The quantitative estimate of drug-likeness (QED) is 0.214. The molecule has 0 atom stereocenters. The molecule has 40 heavy (non-hydrogen) atoms. The third-order valence-electron chi connectivity index (χ3n) is 7.95. The fourth-order valence-corrected chi connectivity index (χ4v) is 6.32. The van der Waals surface area contributed by atoms with Gasteiger partial charge < -0.3 is 8.83 Å². The molecule has 2 heterocycles. The van der Waals surface area contributed by atoms with Crippen molar-refractivity contribution < 1.29 is 15.7 Å². The van der Waals surface area contributed by atoms with Gasteiger partial charge in [-0.05, 0) is 74.1 Å². The molecule has 0 saturated carbocycles. The molecule has 0 unspecified atom stereocenters. The van der Waals surface area contributed by atoms with E-state index in [4.69, 9.17) is 15.7 Å². The average molecular weight is 516 g/mol. The van der Waals surface area contributed by atoms with Gasteiger partial charge in [-0.15, -0.1) is 0 Å². The Hall–Kier alpha value is -5.34. The Morgan fingerprint density at radius 3 is 1.52 bits per heavy atom. The topological polar surface area (TPSA) is 26.3 Å². The van der Waals surface area contributed by atoms with Crippen molar-refractivity contribution >= 4 is 65.4 Å². The number of rotatable bonds is 2. The lowest BCUT2D eigenvalue weighted by Gasteiger charge is -2.17. The minimum Gasteiger partial charge on any atom is -0.456 e. The highest BCUT2D eigenvalue weighted by Gasteiger charge is 2.19. The summed E-state index contributed by atoms with van der Waals surface area (Å²) in [7, 11) is 0. The van der Waals surface area contributed by atoms with Crippen LogP contribution >= 0.6 is 0 Å². The maximum atomic E-state index is 8.79. The van der Waals surface area contributed by atoms with Crippen LogP contribution in [-0.4, -0.2) is 0 Å². The van der Waals surface area contributed by atoms with Gasteiger partial charge in [-0.1, -0.05) is 103 Å². The summed E-state index contributed by atoms with van der Waals surface area (Å²) < 4.78 is 55.1. The Kier molecular flexibility index (Phi) is 3.49. The van der Waals surface area contributed by atoms with Gasteiger partial charge in [0, 0.05) is 21.5 Å². The van der Waals surface area contributed by atoms with Crippen LogP contribution in [0.25, 0.3) is 87.7 Å². The highest BCUT2D eigenvalue weighted by atomic mass is 16.3. The molecule has 0 saturated heterocycles. The zero-order valence-electron chi connectivity index (χ0n) is 26.1. The second-order valence-corrected chi connectivity index (χ2v) is 10.1. The van der Waals surface area contributed by atoms with Crippen molar-refractivity contribution in [3.63, 3.8) is 0 Å². The lowest BCUT2D eigenvalue weighted by atomic mass is 9.86. The number of para-hydroxylation sites is 1. The molecule has 7 aromatic carbocycles. The van der Waals surface area contributed by atoms with Gasteiger partial charge in [0.15, 0.2) is 0 Å². The van der Waals surface area contributed by atoms with Crippen LogP contribution < -0.4 is 0 Å². The second-order valence-electron chi connectivity index (χ2n) is 10.1. The predicted molar refractivity (Wildman–Crippen MR) is 167 cm³/mol. The first kappa shape index (κ1) is 17.3. The van der Waals surface area contributed by atoms with Crippen molar-refractivity contribution in [3.8, 4) is 22.3 Å². The Morgan fingerprint density at radius 2 is 0.900 bits per heavy atom. The zero-order chi connectivity index (χ0) is 30.6. The van der Waals surface area contributed by atoms with Crippen LogP contribution in [0.4, 0.5) is 0 Å². The molecular formula is C38H22O2. The van der Waals surface area contributed by atoms with Gasteiger partial charge in [-0.3, -0.25) is 0 Å². The van der Waals surface area contributed by atoms with Crippen molar-refractivity contribution in [3.05, 3.63) is 133 Å². The predicted octanol–water partition coefficient (Wildman–Crippen LogP) is 11.1. The Bertz CT molecular complexity index is 2630. The molecule has 0 bridgehead atoms. The molecule has 0 aliphatic carbocycles. The van der Waals surface area contributed by atoms with Gasteiger partial charge in [0.1, 0.15) is 22.3 Å². The average Bonchev–Trinajstić information content (AvgIpc) is 3.63. The number of fused-ring (bicyclic) bond motifs is 9. The molecular weight excluding hydrogens is 488 g/mol. The molecule has 2 heteroatoms. The number of hydrogen-bond acceptors (Lipinski definition) is 2. The van der Waals surface area contributed by atoms with E-state index in [1.165, 1.54) is 0 Å². The molecule has 9 aromatic rings. The van der Waals surface area contributed by atoms with E-state index in [0.717, 1.165) is 76.5 Å². The molecule has 2 nitrogen and oxygen atoms in total. The summed E-state index contributed by atoms with van der Waals surface area (Å²) in [5.41, 5.74) is 5.95. The summed E-state index contributed by atoms with van der Waals surface area (Å²) in [5.74, 6) is 0. The van der Waals surface area contributed by atoms with E-state index in [2.05, 4.69) is 24.3 Å². The molecule has 0 N–H and O–H groups in total. The van der Waals surface area contributed by atoms with E-state index in [0.29, 0.717) is 5.56 Å². The number of furan rings is 2. The Balaban J connectivity index is 1.37. The van der Waals surface area contributed by atoms with E-state index in [9.17, 15) is 0 Å². The van der Waals surface area contributed by atoms with E-state index >= 15 is 0 Å². The summed E-state index contributed by atoms with van der Waals surface area (Å²) in [6.45, 7) is 0. The molecule has 0 amide bonds. The fourth-order valence-electron chi connectivity index (χ4n) is 6.32. The summed E-state index contributed by atoms with van der Waals surface area (Å²) in [4.78, 5) is 0. The summed E-state index contributed by atoms with van der Waals surface area (Å²) >= 11 is 0. The van der Waals surface area contributed by atoms with Crippen LogP contribution in [0.2, 0.25) is 0 Å². The minimum absolute atomic E-state index is 0.198. The molecule has 0 fully saturated rings. The third-order valence-corrected chi connectivity index (χ3v) is 7.95. The molecule has 186 valence electrons. The third kappa shape index (κ3) is 2.93. The van der Waals surface area contributed by atoms with Gasteiger partial charge in [-0.25, -0.2) is 0 Å². The minimum atomic E-state index is -0.404. The van der Waals surface area contributed by atoms with Crippen LogP contribution in [0, 0.1) is 0 Å². The molecule has 2 aromatic heterocycles. The normalized spacial score (nSPS) is 13.8. The van der Waals surface area contributed by atoms with Crippen molar-refractivity contribution in [2.75, 3.05) is 0 Å². The van der Waals surface area contributed by atoms with Gasteiger partial charge in [0.05, 0.1) is 6.85 Å². The maximum absolute atomic E-state index is 8.79. The summed E-state index contributed by atoms with van der Waals surface area (Å²) in [6.07, 6.45) is 0. The first-order chi connectivity index (χ1) is 21.9. The Labute approximate surface area is 236 Å². The van der Waals surface area contributed by atoms with Crippen LogP contribution in [0.5, 0.6) is 0 Å². The lowest BCUT2D eigenvalue weighted by Crippen LogP contribution is -1.90. The van der Waals surface area contributed by atoms with Gasteiger partial charge in [0.25, 0.3) is 0 Å². The van der Waals surface area contributed by atoms with Crippen molar-refractivity contribution in [2.45, 2.75) is 0 Å². The second kappa shape index (κ2) is 8.08. The molecule has 9 rings (SSSR count). The monoisotopic (exact) mass is 515 g/mol. The van der Waals surface area contributed by atoms with Crippen LogP contribution in [0.3, 0.4) is 0 Å². The smallest absolute Gasteiger partial charge is 0.136 e. The highest BCUT2D eigenvalue weighted by Crippen LogP contribution is 2.45. The SMILES string of the molecule is [2H]c1c([2H])c([2H])c(-c2c3ccccc3c(-c3ccc4c(c3)oc3ccc5oc6ccccc6c5c34)c3ccccc23)c([2H])c1[2H]. The van der Waals surface area contributed by atoms with E-state index in [1.807, 2.05) is 78.9 Å². The van der Waals surface area contributed by atoms with Crippen molar-refractivity contribution in [2.24, 2.45) is 0 Å². The first-order valence-corrected chi connectivity index (χ1v) is 13.2. The summed E-state index contributed by atoms with van der Waals surface area (Å²) in [6, 6.07) is 32.4. The van der Waals surface area contributed by atoms with Gasteiger partial charge in [-0.2, -0.15) is 0 Å². The van der Waals surface area contributed by atoms with Gasteiger partial charge in [0.2, 0.25) is 0 Å². The van der Waals surface area contributed by atoms with E-state index in [-0.39, 0.29) is 29.7 Å². The van der Waals surface area contributed by atoms with Crippen LogP contribution in [0.1, 0.15) is 6.85 Å². The molecule has 0 radical (unpaired) electrons. The molecule has 0 spiro atoms. The largest absolute Gasteiger partial charge is 0.456 e. The molecule has 0 aliphatic rings. The first-order valence-electron chi connectivity index (χ1n) is 15.7. The van der Waals surface area contributed by atoms with E-state index in [1.54, 1.807) is 0 Å². The number of hydrogen-bond donors (Lipinski definition) is 0. The zero-order valence-corrected chi connectivity index (χ0v) is 21.1. The number of benzene rings is 7. The van der Waals surface area contributed by atoms with Gasteiger partial charge >= 0.3 is 0 Å². The fraction of sp³-hybridized carbons (Fsp3) is 0. The standard InChI is InChI=1S/C38H22O2/c1-2-10-23(11-3-1)35-25-12-4-6-14-27(25)36(28-15-7-5-13-26(28)35)24-18-19-30-34(22-24)40-33-21-20-32-37(38(30)33)29-16-8-9-17-31(29)39-32/h1-22H/i1D,2D,3D,10D,11D. The highest BCUT2D eigenvalue weighted by molar-refractivity contribution is 6.26. The van der Waals surface area contributed by atoms with E-state index < -0.39 is 6.04 Å². The Morgan fingerprint density at radius 1 is 0.400 bits per heavy atom. The maximum Gasteiger partial charge on any atom is 0.136 e. The van der Waals surface area contributed by atoms with Crippen molar-refractivity contribution in [1.82, 2.24) is 0 Å². The summed E-state index contributed by atoms with van der Waals surface area (Å²) in [5, 5.41) is 7.54. The molecule has 0 aliphatic heterocycles. The van der Waals surface area contributed by atoms with Crippen molar-refractivity contribution in [1.29, 1.82) is 0 Å². The van der Waals surface area contributed by atoms with Crippen LogP contribution in [0.15, 0.2) is 142 Å².